The van der Waals surface area contributed by atoms with Gasteiger partial charge in [-0.3, -0.25) is 4.98 Å². The highest BCUT2D eigenvalue weighted by Gasteiger charge is 2.16. The first-order valence-corrected chi connectivity index (χ1v) is 10.0. The average Bonchev–Trinajstić information content (AvgIpc) is 3.35. The highest BCUT2D eigenvalue weighted by atomic mass is 19.1. The Morgan fingerprint density at radius 3 is 2.56 bits per heavy atom. The second kappa shape index (κ2) is 10.3. The van der Waals surface area contributed by atoms with Gasteiger partial charge in [0.2, 0.25) is 0 Å². The van der Waals surface area contributed by atoms with Crippen LogP contribution in [0.3, 0.4) is 0 Å². The van der Waals surface area contributed by atoms with Gasteiger partial charge in [0.25, 0.3) is 0 Å². The maximum atomic E-state index is 13.3. The Morgan fingerprint density at radius 2 is 1.81 bits per heavy atom. The van der Waals surface area contributed by atoms with Gasteiger partial charge in [-0.1, -0.05) is 24.3 Å². The van der Waals surface area contributed by atoms with E-state index in [9.17, 15) is 9.18 Å². The van der Waals surface area contributed by atoms with Gasteiger partial charge in [0, 0.05) is 31.2 Å². The van der Waals surface area contributed by atoms with Crippen molar-refractivity contribution >= 4 is 11.7 Å². The van der Waals surface area contributed by atoms with E-state index in [1.807, 2.05) is 36.4 Å². The predicted molar refractivity (Wildman–Crippen MR) is 118 cm³/mol. The number of urea groups is 1. The van der Waals surface area contributed by atoms with Gasteiger partial charge in [-0.2, -0.15) is 15.4 Å². The minimum Gasteiger partial charge on any atom is -0.334 e. The number of aromatic amines is 1. The maximum absolute atomic E-state index is 13.3. The second-order valence-corrected chi connectivity index (χ2v) is 7.12. The van der Waals surface area contributed by atoms with Gasteiger partial charge < -0.3 is 16.0 Å². The number of anilines is 1. The van der Waals surface area contributed by atoms with Crippen LogP contribution in [0.2, 0.25) is 0 Å². The summed E-state index contributed by atoms with van der Waals surface area (Å²) in [6, 6.07) is 16.9. The SMILES string of the molecule is O=C(NCc1ccncc1)Nc1cccc(CN[C@H](c2ccc(F)cc2)c2cn[nH]n2)c1. The molecule has 1 atom stereocenters. The van der Waals surface area contributed by atoms with E-state index in [2.05, 4.69) is 36.3 Å². The van der Waals surface area contributed by atoms with Crippen LogP contribution in [0.1, 0.15) is 28.4 Å². The molecule has 0 saturated heterocycles. The number of carbonyl (C=O) groups is 1. The van der Waals surface area contributed by atoms with E-state index in [-0.39, 0.29) is 17.9 Å². The summed E-state index contributed by atoms with van der Waals surface area (Å²) in [6.07, 6.45) is 5.00. The van der Waals surface area contributed by atoms with Gasteiger partial charge in [0.05, 0.1) is 12.2 Å². The Labute approximate surface area is 184 Å². The van der Waals surface area contributed by atoms with E-state index in [4.69, 9.17) is 0 Å². The van der Waals surface area contributed by atoms with E-state index in [1.54, 1.807) is 30.7 Å². The van der Waals surface area contributed by atoms with Gasteiger partial charge in [-0.15, -0.1) is 0 Å². The maximum Gasteiger partial charge on any atom is 0.319 e. The molecule has 0 radical (unpaired) electrons. The van der Waals surface area contributed by atoms with Gasteiger partial charge in [0.15, 0.2) is 0 Å². The molecule has 2 aromatic heterocycles. The summed E-state index contributed by atoms with van der Waals surface area (Å²) in [5, 5.41) is 19.7. The van der Waals surface area contributed by atoms with Crippen LogP contribution in [0.5, 0.6) is 0 Å². The van der Waals surface area contributed by atoms with Crippen molar-refractivity contribution < 1.29 is 9.18 Å². The Bertz CT molecular complexity index is 1130. The largest absolute Gasteiger partial charge is 0.334 e. The summed E-state index contributed by atoms with van der Waals surface area (Å²) in [4.78, 5) is 16.2. The summed E-state index contributed by atoms with van der Waals surface area (Å²) < 4.78 is 13.3. The topological polar surface area (TPSA) is 108 Å². The summed E-state index contributed by atoms with van der Waals surface area (Å²) in [5.41, 5.74) is 4.17. The Kier molecular flexibility index (Phi) is 6.78. The molecule has 2 heterocycles. The Morgan fingerprint density at radius 1 is 1.00 bits per heavy atom. The number of H-pyrrole nitrogens is 1. The first-order valence-electron chi connectivity index (χ1n) is 10.0. The lowest BCUT2D eigenvalue weighted by Gasteiger charge is -2.17. The molecule has 4 rings (SSSR count). The third-order valence-electron chi connectivity index (χ3n) is 4.83. The van der Waals surface area contributed by atoms with Crippen LogP contribution in [0, 0.1) is 5.82 Å². The minimum atomic E-state index is -0.298. The lowest BCUT2D eigenvalue weighted by atomic mass is 10.0. The molecule has 2 amide bonds. The van der Waals surface area contributed by atoms with Crippen LogP contribution in [-0.2, 0) is 13.1 Å². The van der Waals surface area contributed by atoms with Gasteiger partial charge in [-0.05, 0) is 53.1 Å². The third-order valence-corrected chi connectivity index (χ3v) is 4.83. The zero-order valence-electron chi connectivity index (χ0n) is 17.1. The van der Waals surface area contributed by atoms with Crippen LogP contribution in [0.4, 0.5) is 14.9 Å². The number of nitrogens with one attached hydrogen (secondary N) is 4. The number of aromatic nitrogens is 4. The van der Waals surface area contributed by atoms with Crippen molar-refractivity contribution in [2.24, 2.45) is 0 Å². The smallest absolute Gasteiger partial charge is 0.319 e. The molecular weight excluding hydrogens is 409 g/mol. The quantitative estimate of drug-likeness (QED) is 0.341. The zero-order chi connectivity index (χ0) is 22.2. The highest BCUT2D eigenvalue weighted by molar-refractivity contribution is 5.89. The minimum absolute atomic E-state index is 0.269. The van der Waals surface area contributed by atoms with E-state index >= 15 is 0 Å². The van der Waals surface area contributed by atoms with Crippen molar-refractivity contribution in [3.63, 3.8) is 0 Å². The van der Waals surface area contributed by atoms with Crippen molar-refractivity contribution in [3.05, 3.63) is 107 Å². The molecule has 8 nitrogen and oxygen atoms in total. The van der Waals surface area contributed by atoms with Crippen LogP contribution in [-0.4, -0.2) is 26.4 Å². The Hall–Kier alpha value is -4.11. The number of nitrogens with zero attached hydrogens (tertiary/aromatic N) is 3. The first-order chi connectivity index (χ1) is 15.7. The van der Waals surface area contributed by atoms with Crippen LogP contribution >= 0.6 is 0 Å². The number of halogens is 1. The molecule has 2 aromatic carbocycles. The lowest BCUT2D eigenvalue weighted by Crippen LogP contribution is -2.28. The number of carbonyl (C=O) groups excluding carboxylic acids is 1. The van der Waals surface area contributed by atoms with Crippen LogP contribution in [0.15, 0.2) is 79.3 Å². The van der Waals surface area contributed by atoms with Crippen molar-refractivity contribution in [2.45, 2.75) is 19.1 Å². The molecule has 0 bridgehead atoms. The van der Waals surface area contributed by atoms with Crippen molar-refractivity contribution in [1.29, 1.82) is 0 Å². The van der Waals surface area contributed by atoms with Crippen LogP contribution < -0.4 is 16.0 Å². The third kappa shape index (κ3) is 5.73. The molecule has 4 N–H and O–H groups in total. The molecule has 32 heavy (non-hydrogen) atoms. The molecule has 0 saturated carbocycles. The monoisotopic (exact) mass is 431 g/mol. The standard InChI is InChI=1S/C23H22FN7O/c24-19-6-4-18(5-7-19)22(21-15-28-31-30-21)26-14-17-2-1-3-20(12-17)29-23(32)27-13-16-8-10-25-11-9-16/h1-12,15,22,26H,13-14H2,(H2,27,29,32)(H,28,30,31)/t22-/m1/s1. The van der Waals surface area contributed by atoms with Crippen molar-refractivity contribution in [2.75, 3.05) is 5.32 Å². The summed E-state index contributed by atoms with van der Waals surface area (Å²) in [6.45, 7) is 0.912. The molecule has 0 aliphatic rings. The molecule has 0 spiro atoms. The fourth-order valence-electron chi connectivity index (χ4n) is 3.24. The number of hydrogen-bond acceptors (Lipinski definition) is 5. The van der Waals surface area contributed by atoms with E-state index in [0.717, 1.165) is 16.7 Å². The molecule has 0 aliphatic carbocycles. The number of hydrogen-bond donors (Lipinski definition) is 4. The number of rotatable bonds is 8. The molecular formula is C23H22FN7O. The number of pyridine rings is 1. The normalized spacial score (nSPS) is 11.7. The summed E-state index contributed by atoms with van der Waals surface area (Å²) in [5.74, 6) is -0.298. The molecule has 0 unspecified atom stereocenters. The first kappa shape index (κ1) is 21.1. The predicted octanol–water partition coefficient (Wildman–Crippen LogP) is 3.54. The molecule has 9 heteroatoms. The second-order valence-electron chi connectivity index (χ2n) is 7.12. The summed E-state index contributed by atoms with van der Waals surface area (Å²) >= 11 is 0. The van der Waals surface area contributed by atoms with E-state index < -0.39 is 0 Å². The van der Waals surface area contributed by atoms with Crippen LogP contribution in [0.25, 0.3) is 0 Å². The van der Waals surface area contributed by atoms with Gasteiger partial charge in [-0.25, -0.2) is 9.18 Å². The highest BCUT2D eigenvalue weighted by Crippen LogP contribution is 2.21. The molecule has 0 fully saturated rings. The van der Waals surface area contributed by atoms with Crippen molar-refractivity contribution in [1.82, 2.24) is 31.0 Å². The van der Waals surface area contributed by atoms with Gasteiger partial charge >= 0.3 is 6.03 Å². The molecule has 162 valence electrons. The fraction of sp³-hybridized carbons (Fsp3) is 0.130. The number of benzene rings is 2. The number of amides is 2. The Balaban J connectivity index is 1.38. The molecule has 4 aromatic rings. The van der Waals surface area contributed by atoms with Crippen molar-refractivity contribution in [3.8, 4) is 0 Å². The lowest BCUT2D eigenvalue weighted by molar-refractivity contribution is 0.251. The summed E-state index contributed by atoms with van der Waals surface area (Å²) in [7, 11) is 0. The fourth-order valence-corrected chi connectivity index (χ4v) is 3.24. The van der Waals surface area contributed by atoms with Gasteiger partial charge in [0.1, 0.15) is 11.5 Å². The zero-order valence-corrected chi connectivity index (χ0v) is 17.1. The average molecular weight is 431 g/mol. The van der Waals surface area contributed by atoms with E-state index in [1.165, 1.54) is 12.1 Å². The molecule has 0 aliphatic heterocycles. The van der Waals surface area contributed by atoms with E-state index in [0.29, 0.717) is 24.5 Å².